The van der Waals surface area contributed by atoms with Crippen molar-refractivity contribution >= 4 is 22.2 Å². The molecule has 1 amide bonds. The van der Waals surface area contributed by atoms with E-state index >= 15 is 0 Å². The quantitative estimate of drug-likeness (QED) is 0.617. The monoisotopic (exact) mass is 453 g/mol. The van der Waals surface area contributed by atoms with Crippen molar-refractivity contribution in [3.05, 3.63) is 56.7 Å². The number of aryl methyl sites for hydroxylation is 1. The highest BCUT2D eigenvalue weighted by Gasteiger charge is 2.49. The minimum atomic E-state index is -0.378. The molecule has 2 bridgehead atoms. The van der Waals surface area contributed by atoms with E-state index in [4.69, 9.17) is 0 Å². The second-order valence-electron chi connectivity index (χ2n) is 10.8. The van der Waals surface area contributed by atoms with Crippen LogP contribution in [0.5, 0.6) is 0 Å². The Morgan fingerprint density at radius 3 is 2.84 bits per heavy atom. The third kappa shape index (κ3) is 4.13. The van der Waals surface area contributed by atoms with E-state index in [1.54, 1.807) is 17.4 Å². The molecule has 0 aromatic carbocycles. The number of thiazole rings is 1. The Morgan fingerprint density at radius 2 is 2.09 bits per heavy atom. The minimum Gasteiger partial charge on any atom is -0.346 e. The van der Waals surface area contributed by atoms with E-state index < -0.39 is 0 Å². The molecule has 4 heterocycles. The molecule has 7 nitrogen and oxygen atoms in total. The number of hydrogen-bond acceptors (Lipinski definition) is 5. The molecular formula is C24H31N5O2S. The van der Waals surface area contributed by atoms with Gasteiger partial charge in [-0.05, 0) is 49.1 Å². The summed E-state index contributed by atoms with van der Waals surface area (Å²) < 4.78 is 1.96. The lowest BCUT2D eigenvalue weighted by Gasteiger charge is -2.39. The fourth-order valence-corrected chi connectivity index (χ4v) is 6.90. The zero-order valence-corrected chi connectivity index (χ0v) is 20.0. The van der Waals surface area contributed by atoms with Crippen molar-refractivity contribution in [2.24, 2.45) is 10.8 Å². The van der Waals surface area contributed by atoms with E-state index in [9.17, 15) is 9.59 Å². The lowest BCUT2D eigenvalue weighted by atomic mass is 9.65. The first-order valence-electron chi connectivity index (χ1n) is 11.3. The number of pyridine rings is 1. The highest BCUT2D eigenvalue weighted by Crippen LogP contribution is 2.52. The number of aromatic nitrogens is 3. The molecule has 2 aliphatic rings. The first-order valence-corrected chi connectivity index (χ1v) is 12.1. The Morgan fingerprint density at radius 1 is 1.28 bits per heavy atom. The number of likely N-dealkylation sites (tertiary alicyclic amines) is 1. The molecule has 2 fully saturated rings. The Balaban J connectivity index is 1.23. The summed E-state index contributed by atoms with van der Waals surface area (Å²) >= 11 is 1.61. The predicted molar refractivity (Wildman–Crippen MR) is 126 cm³/mol. The number of rotatable bonds is 5. The minimum absolute atomic E-state index is 0.138. The van der Waals surface area contributed by atoms with Crippen LogP contribution >= 0.6 is 11.3 Å². The number of hydrogen-bond donors (Lipinski definition) is 2. The van der Waals surface area contributed by atoms with Gasteiger partial charge in [0.1, 0.15) is 5.56 Å². The number of carbonyl (C=O) groups excluding carboxylic acids is 1. The summed E-state index contributed by atoms with van der Waals surface area (Å²) in [5, 5.41) is 2.82. The summed E-state index contributed by atoms with van der Waals surface area (Å²) in [5.74, 6) is -0.378. The number of nitrogens with zero attached hydrogens (tertiary/aromatic N) is 3. The molecule has 2 unspecified atom stereocenters. The predicted octanol–water partition coefficient (Wildman–Crippen LogP) is 3.72. The molecule has 1 saturated carbocycles. The highest BCUT2D eigenvalue weighted by molar-refractivity contribution is 7.16. The molecule has 2 atom stereocenters. The topological polar surface area (TPSA) is 82.5 Å². The summed E-state index contributed by atoms with van der Waals surface area (Å²) in [7, 11) is 0. The Bertz CT molecular complexity index is 1210. The number of imidazole rings is 1. The number of nitrogens with one attached hydrogen (secondary N) is 2. The van der Waals surface area contributed by atoms with Gasteiger partial charge in [0, 0.05) is 42.1 Å². The normalized spacial score (nSPS) is 24.8. The lowest BCUT2D eigenvalue weighted by molar-refractivity contribution is 0.0948. The smallest absolute Gasteiger partial charge is 0.261 e. The Kier molecular flexibility index (Phi) is 5.05. The average Bonchev–Trinajstić information content (AvgIpc) is 3.27. The molecule has 5 rings (SSSR count). The van der Waals surface area contributed by atoms with Crippen molar-refractivity contribution in [1.82, 2.24) is 24.6 Å². The van der Waals surface area contributed by atoms with Crippen LogP contribution in [-0.4, -0.2) is 37.8 Å². The van der Waals surface area contributed by atoms with Crippen molar-refractivity contribution in [3.63, 3.8) is 0 Å². The van der Waals surface area contributed by atoms with Crippen LogP contribution < -0.4 is 10.9 Å². The maximum atomic E-state index is 12.6. The number of carbonyl (C=O) groups is 1. The van der Waals surface area contributed by atoms with Gasteiger partial charge in [-0.3, -0.25) is 18.9 Å². The molecule has 0 spiro atoms. The van der Waals surface area contributed by atoms with Crippen molar-refractivity contribution in [2.45, 2.75) is 66.1 Å². The van der Waals surface area contributed by atoms with Crippen LogP contribution in [-0.2, 0) is 13.1 Å². The zero-order chi connectivity index (χ0) is 22.7. The molecule has 3 aromatic heterocycles. The number of H-pyrrole nitrogens is 1. The zero-order valence-electron chi connectivity index (χ0n) is 19.2. The largest absolute Gasteiger partial charge is 0.346 e. The van der Waals surface area contributed by atoms with Gasteiger partial charge < -0.3 is 10.3 Å². The molecule has 1 aliphatic heterocycles. The molecule has 1 aliphatic carbocycles. The van der Waals surface area contributed by atoms with E-state index in [0.29, 0.717) is 16.9 Å². The number of aromatic amines is 1. The standard InChI is InChI=1S/C24H31N5O2S/c1-15-10-28-12-17(27-22(28)32-15)9-25-20(30)19-6-5-16(26-21(19)31)11-29-14-24(4)8-18(29)7-23(2,3)13-24/h5-6,10,12,18H,7-9,11,13-14H2,1-4H3,(H,25,30)(H,26,31). The van der Waals surface area contributed by atoms with Gasteiger partial charge in [0.2, 0.25) is 0 Å². The van der Waals surface area contributed by atoms with E-state index in [0.717, 1.165) is 29.4 Å². The fourth-order valence-electron chi connectivity index (χ4n) is 6.08. The van der Waals surface area contributed by atoms with Crippen LogP contribution in [0.3, 0.4) is 0 Å². The van der Waals surface area contributed by atoms with Crippen LogP contribution in [0, 0.1) is 17.8 Å². The summed E-state index contributed by atoms with van der Waals surface area (Å²) in [6.07, 6.45) is 7.58. The Hall–Kier alpha value is -2.45. The molecule has 2 N–H and O–H groups in total. The highest BCUT2D eigenvalue weighted by atomic mass is 32.1. The molecular weight excluding hydrogens is 422 g/mol. The van der Waals surface area contributed by atoms with Crippen molar-refractivity contribution in [2.75, 3.05) is 6.54 Å². The second-order valence-corrected chi connectivity index (χ2v) is 12.0. The third-order valence-electron chi connectivity index (χ3n) is 6.86. The summed E-state index contributed by atoms with van der Waals surface area (Å²) in [4.78, 5) is 37.3. The van der Waals surface area contributed by atoms with Gasteiger partial charge in [0.15, 0.2) is 4.96 Å². The summed E-state index contributed by atoms with van der Waals surface area (Å²) in [5.41, 5.74) is 2.16. The Labute approximate surface area is 191 Å². The maximum absolute atomic E-state index is 12.6. The van der Waals surface area contributed by atoms with Crippen LogP contribution in [0.15, 0.2) is 29.3 Å². The van der Waals surface area contributed by atoms with Gasteiger partial charge in [0.05, 0.1) is 12.2 Å². The van der Waals surface area contributed by atoms with E-state index in [1.165, 1.54) is 24.1 Å². The van der Waals surface area contributed by atoms with Gasteiger partial charge in [-0.15, -0.1) is 11.3 Å². The molecule has 8 heteroatoms. The summed E-state index contributed by atoms with van der Waals surface area (Å²) in [6.45, 7) is 11.2. The van der Waals surface area contributed by atoms with E-state index in [1.807, 2.05) is 29.8 Å². The van der Waals surface area contributed by atoms with E-state index in [-0.39, 0.29) is 23.6 Å². The molecule has 3 aromatic rings. The molecule has 170 valence electrons. The third-order valence-corrected chi connectivity index (χ3v) is 7.77. The second kappa shape index (κ2) is 7.56. The van der Waals surface area contributed by atoms with Crippen molar-refractivity contribution < 1.29 is 4.79 Å². The first-order chi connectivity index (χ1) is 15.1. The SMILES string of the molecule is Cc1cn2cc(CNC(=O)c3ccc(CN4CC5(C)CC4CC(C)(C)C5)[nH]c3=O)nc2s1. The van der Waals surface area contributed by atoms with Gasteiger partial charge in [-0.1, -0.05) is 20.8 Å². The molecule has 1 saturated heterocycles. The first kappa shape index (κ1) is 21.4. The number of fused-ring (bicyclic) bond motifs is 3. The van der Waals surface area contributed by atoms with Gasteiger partial charge in [-0.2, -0.15) is 0 Å². The summed E-state index contributed by atoms with van der Waals surface area (Å²) in [6, 6.07) is 4.08. The molecule has 0 radical (unpaired) electrons. The van der Waals surface area contributed by atoms with Crippen LogP contribution in [0.2, 0.25) is 0 Å². The van der Waals surface area contributed by atoms with Crippen LogP contribution in [0.25, 0.3) is 4.96 Å². The average molecular weight is 454 g/mol. The molecule has 32 heavy (non-hydrogen) atoms. The fraction of sp³-hybridized carbons (Fsp3) is 0.542. The lowest BCUT2D eigenvalue weighted by Crippen LogP contribution is -2.35. The number of amides is 1. The maximum Gasteiger partial charge on any atom is 0.261 e. The van der Waals surface area contributed by atoms with Gasteiger partial charge in [-0.25, -0.2) is 4.98 Å². The van der Waals surface area contributed by atoms with Crippen LogP contribution in [0.1, 0.15) is 66.7 Å². The van der Waals surface area contributed by atoms with Gasteiger partial charge >= 0.3 is 0 Å². The van der Waals surface area contributed by atoms with Gasteiger partial charge in [0.25, 0.3) is 11.5 Å². The van der Waals surface area contributed by atoms with E-state index in [2.05, 4.69) is 41.0 Å². The van der Waals surface area contributed by atoms with Crippen LogP contribution in [0.4, 0.5) is 0 Å². The van der Waals surface area contributed by atoms with Crippen molar-refractivity contribution in [1.29, 1.82) is 0 Å². The van der Waals surface area contributed by atoms with Crippen molar-refractivity contribution in [3.8, 4) is 0 Å².